The number of halogens is 2. The van der Waals surface area contributed by atoms with Crippen LogP contribution in [0.1, 0.15) is 28.8 Å². The first-order valence-corrected chi connectivity index (χ1v) is 11.1. The molecule has 33 heavy (non-hydrogen) atoms. The van der Waals surface area contributed by atoms with E-state index in [-0.39, 0.29) is 28.9 Å². The van der Waals surface area contributed by atoms with Crippen LogP contribution in [0, 0.1) is 17.6 Å². The Hall–Kier alpha value is -3.24. The number of anilines is 1. The molecule has 0 aliphatic carbocycles. The number of aliphatic hydroxyl groups is 1. The number of hydrogen-bond acceptors (Lipinski definition) is 7. The largest absolute Gasteiger partial charge is 0.369 e. The number of carbonyl (C=O) groups excluding carboxylic acids is 1. The number of fused-ring (bicyclic) bond motifs is 6. The average Bonchev–Trinajstić information content (AvgIpc) is 3.18. The number of piperidine rings is 3. The Morgan fingerprint density at radius 1 is 1.06 bits per heavy atom. The summed E-state index contributed by atoms with van der Waals surface area (Å²) in [6.45, 7) is 3.10. The first kappa shape index (κ1) is 20.4. The number of hydrogen-bond donors (Lipinski definition) is 2. The van der Waals surface area contributed by atoms with Crippen molar-refractivity contribution in [2.24, 2.45) is 21.2 Å². The van der Waals surface area contributed by atoms with Gasteiger partial charge >= 0.3 is 0 Å². The van der Waals surface area contributed by atoms with Gasteiger partial charge in [-0.05, 0) is 68.2 Å². The molecular formula is C23H22F2N6O2. The molecule has 5 aliphatic rings. The number of aliphatic hydroxyl groups excluding tert-OH is 1. The third kappa shape index (κ3) is 3.32. The fourth-order valence-electron chi connectivity index (χ4n) is 5.18. The Bertz CT molecular complexity index is 1180. The molecule has 2 aromatic carbocycles. The van der Waals surface area contributed by atoms with Gasteiger partial charge in [-0.25, -0.2) is 13.8 Å². The minimum Gasteiger partial charge on any atom is -0.369 e. The summed E-state index contributed by atoms with van der Waals surface area (Å²) in [5, 5.41) is 27.2. The third-order valence-electron chi connectivity index (χ3n) is 7.01. The van der Waals surface area contributed by atoms with E-state index in [1.807, 2.05) is 0 Å². The lowest BCUT2D eigenvalue weighted by atomic mass is 9.84. The monoisotopic (exact) mass is 452 g/mol. The van der Waals surface area contributed by atoms with Gasteiger partial charge in [0.05, 0.1) is 11.3 Å². The quantitative estimate of drug-likeness (QED) is 0.749. The average molecular weight is 452 g/mol. The standard InChI is InChI=1S/C23H22F2N6O2/c24-15-5-6-16(25)19-18(15)20-21(28-27-19)23(33)31(29-20)14-3-1-13(2-4-14)22(32)26-17-11-30-9-7-12(17)8-10-30/h1-6,12,17,21,23,33H,7-11H2,(H,26,32). The Morgan fingerprint density at radius 2 is 1.79 bits per heavy atom. The molecule has 2 aromatic rings. The van der Waals surface area contributed by atoms with E-state index in [9.17, 15) is 18.7 Å². The molecule has 2 bridgehead atoms. The molecule has 0 radical (unpaired) electrons. The molecule has 1 amide bonds. The normalized spacial score (nSPS) is 29.5. The van der Waals surface area contributed by atoms with Crippen molar-refractivity contribution in [3.63, 3.8) is 0 Å². The zero-order chi connectivity index (χ0) is 22.7. The van der Waals surface area contributed by atoms with Crippen molar-refractivity contribution in [1.82, 2.24) is 10.2 Å². The van der Waals surface area contributed by atoms with Gasteiger partial charge in [0.1, 0.15) is 17.2 Å². The summed E-state index contributed by atoms with van der Waals surface area (Å²) >= 11 is 0. The van der Waals surface area contributed by atoms with Gasteiger partial charge in [-0.3, -0.25) is 4.79 Å². The van der Waals surface area contributed by atoms with E-state index in [0.29, 0.717) is 17.2 Å². The lowest BCUT2D eigenvalue weighted by Crippen LogP contribution is -2.57. The molecule has 5 aliphatic heterocycles. The van der Waals surface area contributed by atoms with Crippen molar-refractivity contribution < 1.29 is 18.7 Å². The van der Waals surface area contributed by atoms with Crippen LogP contribution < -0.4 is 10.3 Å². The Kier molecular flexibility index (Phi) is 4.73. The van der Waals surface area contributed by atoms with Crippen LogP contribution in [0.4, 0.5) is 20.2 Å². The van der Waals surface area contributed by atoms with Crippen LogP contribution in [-0.2, 0) is 0 Å². The van der Waals surface area contributed by atoms with E-state index in [2.05, 4.69) is 25.5 Å². The van der Waals surface area contributed by atoms with Crippen molar-refractivity contribution in [2.75, 3.05) is 24.6 Å². The fourth-order valence-corrected chi connectivity index (χ4v) is 5.18. The zero-order valence-electron chi connectivity index (χ0n) is 17.7. The van der Waals surface area contributed by atoms with Crippen molar-refractivity contribution >= 4 is 23.0 Å². The van der Waals surface area contributed by atoms with E-state index in [1.54, 1.807) is 24.3 Å². The molecule has 3 saturated heterocycles. The highest BCUT2D eigenvalue weighted by atomic mass is 19.1. The van der Waals surface area contributed by atoms with Crippen molar-refractivity contribution in [2.45, 2.75) is 31.2 Å². The Balaban J connectivity index is 1.22. The predicted octanol–water partition coefficient (Wildman–Crippen LogP) is 2.80. The van der Waals surface area contributed by atoms with E-state index < -0.39 is 23.9 Å². The molecule has 7 rings (SSSR count). The third-order valence-corrected chi connectivity index (χ3v) is 7.01. The molecular weight excluding hydrogens is 430 g/mol. The topological polar surface area (TPSA) is 92.9 Å². The number of benzene rings is 2. The van der Waals surface area contributed by atoms with E-state index in [4.69, 9.17) is 0 Å². The van der Waals surface area contributed by atoms with Crippen LogP contribution in [0.3, 0.4) is 0 Å². The van der Waals surface area contributed by atoms with Gasteiger partial charge in [-0.1, -0.05) is 0 Å². The van der Waals surface area contributed by atoms with Gasteiger partial charge in [0.2, 0.25) is 0 Å². The van der Waals surface area contributed by atoms with Crippen LogP contribution in [0.15, 0.2) is 51.7 Å². The van der Waals surface area contributed by atoms with E-state index >= 15 is 0 Å². The van der Waals surface area contributed by atoms with Crippen LogP contribution in [-0.4, -0.2) is 59.6 Å². The molecule has 3 fully saturated rings. The highest BCUT2D eigenvalue weighted by Crippen LogP contribution is 2.37. The molecule has 3 atom stereocenters. The maximum Gasteiger partial charge on any atom is 0.251 e. The second-order valence-corrected chi connectivity index (χ2v) is 8.92. The summed E-state index contributed by atoms with van der Waals surface area (Å²) < 4.78 is 28.5. The van der Waals surface area contributed by atoms with E-state index in [1.165, 1.54) is 5.01 Å². The first-order chi connectivity index (χ1) is 16.0. The summed E-state index contributed by atoms with van der Waals surface area (Å²) in [7, 11) is 0. The fraction of sp³-hybridized carbons (Fsp3) is 0.391. The number of azo groups is 1. The van der Waals surface area contributed by atoms with Crippen LogP contribution in [0.25, 0.3) is 0 Å². The number of rotatable bonds is 3. The molecule has 2 N–H and O–H groups in total. The number of nitrogens with one attached hydrogen (secondary N) is 1. The molecule has 5 heterocycles. The van der Waals surface area contributed by atoms with Gasteiger partial charge < -0.3 is 15.3 Å². The maximum atomic E-state index is 14.4. The van der Waals surface area contributed by atoms with Crippen LogP contribution in [0.2, 0.25) is 0 Å². The highest BCUT2D eigenvalue weighted by Gasteiger charge is 2.42. The Labute approximate surface area is 188 Å². The minimum atomic E-state index is -1.23. The highest BCUT2D eigenvalue weighted by molar-refractivity contribution is 6.11. The summed E-state index contributed by atoms with van der Waals surface area (Å²) in [5.41, 5.74) is 0.807. The number of nitrogens with zero attached hydrogens (tertiary/aromatic N) is 5. The van der Waals surface area contributed by atoms with Crippen LogP contribution >= 0.6 is 0 Å². The van der Waals surface area contributed by atoms with Crippen molar-refractivity contribution in [3.8, 4) is 0 Å². The minimum absolute atomic E-state index is 0.0925. The summed E-state index contributed by atoms with van der Waals surface area (Å²) in [4.78, 5) is 15.2. The SMILES string of the molecule is O=C(NC1CN2CCC1CC2)c1ccc(N2N=C3c4c(F)ccc(F)c4N=NC3C2O)cc1. The lowest BCUT2D eigenvalue weighted by molar-refractivity contribution is 0.0620. The van der Waals surface area contributed by atoms with Crippen LogP contribution in [0.5, 0.6) is 0 Å². The number of carbonyl (C=O) groups is 1. The molecule has 0 aromatic heterocycles. The molecule has 3 unspecified atom stereocenters. The van der Waals surface area contributed by atoms with Gasteiger partial charge in [0.15, 0.2) is 18.1 Å². The van der Waals surface area contributed by atoms with Gasteiger partial charge in [0, 0.05) is 18.2 Å². The molecule has 0 saturated carbocycles. The smallest absolute Gasteiger partial charge is 0.251 e. The predicted molar refractivity (Wildman–Crippen MR) is 117 cm³/mol. The second kappa shape index (κ2) is 7.67. The Morgan fingerprint density at radius 3 is 2.48 bits per heavy atom. The van der Waals surface area contributed by atoms with Gasteiger partial charge in [-0.15, -0.1) is 0 Å². The summed E-state index contributed by atoms with van der Waals surface area (Å²) in [6, 6.07) is 7.87. The van der Waals surface area contributed by atoms with Gasteiger partial charge in [-0.2, -0.15) is 15.3 Å². The first-order valence-electron chi connectivity index (χ1n) is 11.1. The summed E-state index contributed by atoms with van der Waals surface area (Å²) in [6.07, 6.45) is 0.998. The number of amides is 1. The summed E-state index contributed by atoms with van der Waals surface area (Å²) in [5.74, 6) is -0.993. The molecule has 10 heteroatoms. The van der Waals surface area contributed by atoms with Gasteiger partial charge in [0.25, 0.3) is 5.91 Å². The van der Waals surface area contributed by atoms with Crippen molar-refractivity contribution in [3.05, 3.63) is 59.2 Å². The van der Waals surface area contributed by atoms with Crippen molar-refractivity contribution in [1.29, 1.82) is 0 Å². The lowest BCUT2D eigenvalue weighted by Gasteiger charge is -2.44. The molecule has 170 valence electrons. The zero-order valence-corrected chi connectivity index (χ0v) is 17.7. The molecule has 8 nitrogen and oxygen atoms in total. The maximum absolute atomic E-state index is 14.4. The second-order valence-electron chi connectivity index (χ2n) is 8.92. The van der Waals surface area contributed by atoms with E-state index in [0.717, 1.165) is 44.6 Å². The molecule has 0 spiro atoms. The number of hydrazone groups is 1.